The number of carbonyl (C=O) groups excluding carboxylic acids is 1. The molecule has 4 heterocycles. The number of nitrogens with one attached hydrogen (secondary N) is 1. The summed E-state index contributed by atoms with van der Waals surface area (Å²) >= 11 is 1.86. The molecule has 34 heavy (non-hydrogen) atoms. The van der Waals surface area contributed by atoms with Gasteiger partial charge in [-0.1, -0.05) is 36.5 Å². The maximum atomic E-state index is 13.5. The van der Waals surface area contributed by atoms with Crippen molar-refractivity contribution >= 4 is 29.7 Å². The normalized spacial score (nSPS) is 13.9. The number of fused-ring (bicyclic) bond motifs is 1. The van der Waals surface area contributed by atoms with Crippen molar-refractivity contribution in [1.29, 1.82) is 0 Å². The molecule has 0 spiro atoms. The number of hydrogen-bond acceptors (Lipinski definition) is 7. The van der Waals surface area contributed by atoms with Crippen molar-refractivity contribution in [3.63, 3.8) is 0 Å². The number of imidazole rings is 1. The Bertz CT molecular complexity index is 1240. The molecule has 3 aromatic heterocycles. The molecule has 0 bridgehead atoms. The van der Waals surface area contributed by atoms with Crippen molar-refractivity contribution in [2.45, 2.75) is 32.6 Å². The fourth-order valence-electron chi connectivity index (χ4n) is 3.45. The SMILES string of the molecule is CCCCSN1CC(c2nc(-c3ccc(F)c(NC=O)c3)no2)C1.Cc1cnc2ccccn12. The Balaban J connectivity index is 0.000000226. The molecule has 8 nitrogen and oxygen atoms in total. The lowest BCUT2D eigenvalue weighted by Gasteiger charge is -2.35. The van der Waals surface area contributed by atoms with Gasteiger partial charge in [0.05, 0.1) is 11.6 Å². The Labute approximate surface area is 201 Å². The summed E-state index contributed by atoms with van der Waals surface area (Å²) in [5, 5.41) is 6.29. The van der Waals surface area contributed by atoms with Crippen LogP contribution in [0.1, 0.15) is 37.3 Å². The van der Waals surface area contributed by atoms with Crippen LogP contribution in [0, 0.1) is 12.7 Å². The Morgan fingerprint density at radius 3 is 2.91 bits per heavy atom. The lowest BCUT2D eigenvalue weighted by atomic mass is 10.0. The highest BCUT2D eigenvalue weighted by Crippen LogP contribution is 2.32. The average Bonchev–Trinajstić information content (AvgIpc) is 3.45. The number of aryl methyl sites for hydroxylation is 1. The van der Waals surface area contributed by atoms with Crippen LogP contribution in [0.5, 0.6) is 0 Å². The van der Waals surface area contributed by atoms with Gasteiger partial charge in [0.15, 0.2) is 0 Å². The summed E-state index contributed by atoms with van der Waals surface area (Å²) in [6, 6.07) is 10.3. The number of anilines is 1. The number of halogens is 1. The van der Waals surface area contributed by atoms with Gasteiger partial charge in [0.2, 0.25) is 18.1 Å². The molecule has 1 aliphatic heterocycles. The summed E-state index contributed by atoms with van der Waals surface area (Å²) in [6.45, 7) is 6.03. The van der Waals surface area contributed by atoms with Crippen molar-refractivity contribution in [3.05, 3.63) is 66.2 Å². The number of benzene rings is 1. The number of aromatic nitrogens is 4. The first kappa shape index (κ1) is 23.9. The van der Waals surface area contributed by atoms with E-state index in [1.54, 1.807) is 6.07 Å². The molecule has 1 saturated heterocycles. The second-order valence-electron chi connectivity index (χ2n) is 7.97. The smallest absolute Gasteiger partial charge is 0.232 e. The number of amides is 1. The molecule has 1 fully saturated rings. The van der Waals surface area contributed by atoms with E-state index in [0.717, 1.165) is 24.5 Å². The summed E-state index contributed by atoms with van der Waals surface area (Å²) in [4.78, 5) is 19.1. The largest absolute Gasteiger partial charge is 0.339 e. The van der Waals surface area contributed by atoms with Crippen molar-refractivity contribution in [2.75, 3.05) is 24.2 Å². The molecule has 1 amide bonds. The van der Waals surface area contributed by atoms with E-state index >= 15 is 0 Å². The van der Waals surface area contributed by atoms with E-state index < -0.39 is 5.82 Å². The highest BCUT2D eigenvalue weighted by molar-refractivity contribution is 7.97. The highest BCUT2D eigenvalue weighted by atomic mass is 32.2. The van der Waals surface area contributed by atoms with E-state index in [1.807, 2.05) is 49.5 Å². The van der Waals surface area contributed by atoms with E-state index in [4.69, 9.17) is 4.52 Å². The standard InChI is InChI=1S/C16H19FN4O2S.C8H8N2/c1-2-3-6-24-21-8-12(9-21)16-19-15(20-23-16)11-4-5-13(17)14(7-11)18-10-22;1-7-6-9-8-4-2-3-5-10(7)8/h4-5,7,10,12H,2-3,6,8-9H2,1H3,(H,18,22);2-6H,1H3. The van der Waals surface area contributed by atoms with Gasteiger partial charge >= 0.3 is 0 Å². The van der Waals surface area contributed by atoms with E-state index in [-0.39, 0.29) is 11.6 Å². The first-order chi connectivity index (χ1) is 16.6. The van der Waals surface area contributed by atoms with Crippen LogP contribution in [0.2, 0.25) is 0 Å². The summed E-state index contributed by atoms with van der Waals surface area (Å²) in [5.41, 5.74) is 2.89. The lowest BCUT2D eigenvalue weighted by molar-refractivity contribution is -0.105. The third kappa shape index (κ3) is 5.63. The van der Waals surface area contributed by atoms with Crippen molar-refractivity contribution in [2.24, 2.45) is 0 Å². The third-order valence-corrected chi connectivity index (χ3v) is 6.59. The Morgan fingerprint density at radius 1 is 1.29 bits per heavy atom. The second kappa shape index (κ2) is 11.3. The number of unbranched alkanes of at least 4 members (excludes halogenated alkanes) is 1. The van der Waals surface area contributed by atoms with Crippen LogP contribution >= 0.6 is 11.9 Å². The van der Waals surface area contributed by atoms with Crippen molar-refractivity contribution in [1.82, 2.24) is 23.8 Å². The van der Waals surface area contributed by atoms with Gasteiger partial charge in [-0.05, 0) is 43.7 Å². The number of hydrogen-bond donors (Lipinski definition) is 1. The summed E-state index contributed by atoms with van der Waals surface area (Å²) in [6.07, 6.45) is 6.74. The molecule has 0 unspecified atom stereocenters. The predicted molar refractivity (Wildman–Crippen MR) is 131 cm³/mol. The fraction of sp³-hybridized carbons (Fsp3) is 0.333. The minimum absolute atomic E-state index is 0.0935. The summed E-state index contributed by atoms with van der Waals surface area (Å²) in [7, 11) is 0. The van der Waals surface area contributed by atoms with E-state index in [9.17, 15) is 9.18 Å². The minimum Gasteiger partial charge on any atom is -0.339 e. The molecule has 1 aromatic carbocycles. The molecule has 4 aromatic rings. The van der Waals surface area contributed by atoms with E-state index in [1.165, 1.54) is 30.7 Å². The van der Waals surface area contributed by atoms with Crippen LogP contribution in [-0.2, 0) is 4.79 Å². The zero-order chi connectivity index (χ0) is 23.9. The molecule has 0 saturated carbocycles. The second-order valence-corrected chi connectivity index (χ2v) is 9.15. The van der Waals surface area contributed by atoms with E-state index in [0.29, 0.717) is 23.7 Å². The maximum Gasteiger partial charge on any atom is 0.232 e. The van der Waals surface area contributed by atoms with Crippen LogP contribution in [-0.4, -0.2) is 49.1 Å². The van der Waals surface area contributed by atoms with Crippen LogP contribution < -0.4 is 5.32 Å². The molecule has 1 aliphatic rings. The fourth-order valence-corrected chi connectivity index (χ4v) is 4.70. The van der Waals surface area contributed by atoms with Gasteiger partial charge in [0.1, 0.15) is 11.5 Å². The van der Waals surface area contributed by atoms with Gasteiger partial charge in [0.25, 0.3) is 0 Å². The van der Waals surface area contributed by atoms with Crippen molar-refractivity contribution in [3.8, 4) is 11.4 Å². The van der Waals surface area contributed by atoms with Gasteiger partial charge < -0.3 is 14.2 Å². The Morgan fingerprint density at radius 2 is 2.15 bits per heavy atom. The molecule has 0 radical (unpaired) electrons. The van der Waals surface area contributed by atoms with Gasteiger partial charge in [0, 0.05) is 42.5 Å². The number of carbonyl (C=O) groups is 1. The zero-order valence-electron chi connectivity index (χ0n) is 19.1. The van der Waals surface area contributed by atoms with Gasteiger partial charge in [-0.3, -0.25) is 4.79 Å². The van der Waals surface area contributed by atoms with Gasteiger partial charge in [-0.25, -0.2) is 13.7 Å². The number of nitrogens with zero attached hydrogens (tertiary/aromatic N) is 5. The van der Waals surface area contributed by atoms with Crippen LogP contribution in [0.4, 0.5) is 10.1 Å². The molecule has 178 valence electrons. The van der Waals surface area contributed by atoms with Crippen molar-refractivity contribution < 1.29 is 13.7 Å². The topological polar surface area (TPSA) is 88.6 Å². The summed E-state index contributed by atoms with van der Waals surface area (Å²) in [5.74, 6) is 1.88. The number of pyridine rings is 1. The first-order valence-electron chi connectivity index (χ1n) is 11.2. The third-order valence-electron chi connectivity index (χ3n) is 5.45. The molecule has 0 atom stereocenters. The highest BCUT2D eigenvalue weighted by Gasteiger charge is 2.33. The van der Waals surface area contributed by atoms with E-state index in [2.05, 4.69) is 36.1 Å². The summed E-state index contributed by atoms with van der Waals surface area (Å²) < 4.78 is 23.2. The van der Waals surface area contributed by atoms with Gasteiger partial charge in [-0.2, -0.15) is 4.98 Å². The van der Waals surface area contributed by atoms with Crippen LogP contribution in [0.15, 0.2) is 53.3 Å². The molecular formula is C24H27FN6O2S. The predicted octanol–water partition coefficient (Wildman–Crippen LogP) is 4.93. The van der Waals surface area contributed by atoms with Crippen LogP contribution in [0.25, 0.3) is 17.0 Å². The monoisotopic (exact) mass is 482 g/mol. The quantitative estimate of drug-likeness (QED) is 0.216. The Hall–Kier alpha value is -3.24. The molecule has 1 N–H and O–H groups in total. The molecule has 0 aliphatic carbocycles. The molecule has 10 heteroatoms. The average molecular weight is 483 g/mol. The molecular weight excluding hydrogens is 455 g/mol. The van der Waals surface area contributed by atoms with Gasteiger partial charge in [-0.15, -0.1) is 0 Å². The Kier molecular flexibility index (Phi) is 7.91. The minimum atomic E-state index is -0.506. The first-order valence-corrected chi connectivity index (χ1v) is 12.1. The molecule has 5 rings (SSSR count). The maximum absolute atomic E-state index is 13.5. The van der Waals surface area contributed by atoms with Crippen LogP contribution in [0.3, 0.4) is 0 Å². The lowest BCUT2D eigenvalue weighted by Crippen LogP contribution is -2.40. The zero-order valence-corrected chi connectivity index (χ0v) is 20.0. The number of rotatable bonds is 8.